The molecule has 0 aromatic rings. The van der Waals surface area contributed by atoms with E-state index < -0.39 is 0 Å². The van der Waals surface area contributed by atoms with Crippen molar-refractivity contribution in [1.82, 2.24) is 5.32 Å². The van der Waals surface area contributed by atoms with Crippen molar-refractivity contribution >= 4 is 0 Å². The van der Waals surface area contributed by atoms with Crippen molar-refractivity contribution < 1.29 is 18.9 Å². The molecule has 5 nitrogen and oxygen atoms in total. The van der Waals surface area contributed by atoms with Crippen LogP contribution in [-0.2, 0) is 18.9 Å². The Morgan fingerprint density at radius 3 is 2.24 bits per heavy atom. The van der Waals surface area contributed by atoms with Crippen LogP contribution in [0.1, 0.15) is 20.3 Å². The van der Waals surface area contributed by atoms with Gasteiger partial charge in [0.1, 0.15) is 0 Å². The summed E-state index contributed by atoms with van der Waals surface area (Å²) in [7, 11) is 1.67. The predicted molar refractivity (Wildman–Crippen MR) is 67.2 cm³/mol. The minimum Gasteiger partial charge on any atom is -0.382 e. The van der Waals surface area contributed by atoms with Gasteiger partial charge < -0.3 is 24.3 Å². The van der Waals surface area contributed by atoms with Crippen LogP contribution in [0.4, 0.5) is 0 Å². The van der Waals surface area contributed by atoms with E-state index in [4.69, 9.17) is 18.9 Å². The Labute approximate surface area is 105 Å². The minimum absolute atomic E-state index is 0.0908. The van der Waals surface area contributed by atoms with Crippen LogP contribution < -0.4 is 5.32 Å². The monoisotopic (exact) mass is 249 g/mol. The highest BCUT2D eigenvalue weighted by Crippen LogP contribution is 1.99. The van der Waals surface area contributed by atoms with Crippen molar-refractivity contribution in [1.29, 1.82) is 0 Å². The zero-order valence-electron chi connectivity index (χ0n) is 11.4. The molecule has 0 aliphatic heterocycles. The molecule has 0 saturated heterocycles. The van der Waals surface area contributed by atoms with E-state index in [2.05, 4.69) is 5.32 Å². The smallest absolute Gasteiger partial charge is 0.158 e. The van der Waals surface area contributed by atoms with Gasteiger partial charge in [-0.15, -0.1) is 0 Å². The Morgan fingerprint density at radius 1 is 0.941 bits per heavy atom. The van der Waals surface area contributed by atoms with E-state index in [0.29, 0.717) is 33.0 Å². The lowest BCUT2D eigenvalue weighted by atomic mass is 10.4. The summed E-state index contributed by atoms with van der Waals surface area (Å²) >= 11 is 0. The van der Waals surface area contributed by atoms with Gasteiger partial charge in [-0.2, -0.15) is 0 Å². The molecule has 0 fully saturated rings. The van der Waals surface area contributed by atoms with Crippen molar-refractivity contribution in [3.8, 4) is 0 Å². The molecule has 0 rings (SSSR count). The number of hydrogen-bond donors (Lipinski definition) is 1. The summed E-state index contributed by atoms with van der Waals surface area (Å²) in [5.41, 5.74) is 0. The summed E-state index contributed by atoms with van der Waals surface area (Å²) in [5, 5.41) is 3.28. The molecule has 1 N–H and O–H groups in total. The van der Waals surface area contributed by atoms with Gasteiger partial charge in [-0.05, 0) is 13.8 Å². The van der Waals surface area contributed by atoms with E-state index in [-0.39, 0.29) is 6.29 Å². The van der Waals surface area contributed by atoms with Gasteiger partial charge in [-0.3, -0.25) is 0 Å². The maximum atomic E-state index is 5.43. The molecule has 0 bridgehead atoms. The Balaban J connectivity index is 3.23. The van der Waals surface area contributed by atoms with E-state index in [1.807, 2.05) is 13.8 Å². The van der Waals surface area contributed by atoms with E-state index in [0.717, 1.165) is 19.5 Å². The number of ether oxygens (including phenoxy) is 4. The van der Waals surface area contributed by atoms with Crippen molar-refractivity contribution in [2.45, 2.75) is 26.6 Å². The van der Waals surface area contributed by atoms with Crippen LogP contribution >= 0.6 is 0 Å². The van der Waals surface area contributed by atoms with Crippen molar-refractivity contribution in [2.75, 3.05) is 53.2 Å². The molecule has 0 atom stereocenters. The average Bonchev–Trinajstić information content (AvgIpc) is 2.33. The summed E-state index contributed by atoms with van der Waals surface area (Å²) in [5.74, 6) is 0. The molecule has 0 heterocycles. The molecular weight excluding hydrogens is 222 g/mol. The van der Waals surface area contributed by atoms with Crippen LogP contribution in [0.2, 0.25) is 0 Å². The van der Waals surface area contributed by atoms with E-state index in [9.17, 15) is 0 Å². The largest absolute Gasteiger partial charge is 0.382 e. The second-order valence-electron chi connectivity index (χ2n) is 3.48. The summed E-state index contributed by atoms with van der Waals surface area (Å²) in [6.07, 6.45) is 0.770. The van der Waals surface area contributed by atoms with Crippen molar-refractivity contribution in [3.05, 3.63) is 0 Å². The standard InChI is InChI=1S/C12H27NO4/c1-4-16-12(17-5-2)6-7-13-8-9-15-11-10-14-3/h12-13H,4-11H2,1-3H3. The van der Waals surface area contributed by atoms with Crippen molar-refractivity contribution in [3.63, 3.8) is 0 Å². The zero-order valence-corrected chi connectivity index (χ0v) is 11.4. The van der Waals surface area contributed by atoms with Crippen molar-refractivity contribution in [2.24, 2.45) is 0 Å². The van der Waals surface area contributed by atoms with Gasteiger partial charge in [0.25, 0.3) is 0 Å². The highest BCUT2D eigenvalue weighted by atomic mass is 16.7. The van der Waals surface area contributed by atoms with Crippen LogP contribution in [0.25, 0.3) is 0 Å². The topological polar surface area (TPSA) is 49.0 Å². The van der Waals surface area contributed by atoms with Gasteiger partial charge in [-0.1, -0.05) is 0 Å². The molecule has 0 radical (unpaired) electrons. The molecule has 17 heavy (non-hydrogen) atoms. The Hall–Kier alpha value is -0.200. The summed E-state index contributed by atoms with van der Waals surface area (Å²) in [6, 6.07) is 0. The molecule has 0 saturated carbocycles. The first-order valence-electron chi connectivity index (χ1n) is 6.35. The third-order valence-corrected chi connectivity index (χ3v) is 2.12. The predicted octanol–water partition coefficient (Wildman–Crippen LogP) is 1.03. The molecule has 0 spiro atoms. The Morgan fingerprint density at radius 2 is 1.65 bits per heavy atom. The van der Waals surface area contributed by atoms with Crippen LogP contribution in [0.5, 0.6) is 0 Å². The number of rotatable bonds is 13. The number of nitrogens with one attached hydrogen (secondary N) is 1. The van der Waals surface area contributed by atoms with E-state index in [1.54, 1.807) is 7.11 Å². The first-order chi connectivity index (χ1) is 8.35. The maximum Gasteiger partial charge on any atom is 0.158 e. The lowest BCUT2D eigenvalue weighted by molar-refractivity contribution is -0.138. The first-order valence-corrected chi connectivity index (χ1v) is 6.35. The SMILES string of the molecule is CCOC(CCNCCOCCOC)OCC. The second kappa shape index (κ2) is 13.9. The molecule has 0 amide bonds. The van der Waals surface area contributed by atoms with Gasteiger partial charge in [0.15, 0.2) is 6.29 Å². The molecule has 0 aliphatic carbocycles. The van der Waals surface area contributed by atoms with Crippen LogP contribution in [-0.4, -0.2) is 59.5 Å². The van der Waals surface area contributed by atoms with E-state index in [1.165, 1.54) is 0 Å². The summed E-state index contributed by atoms with van der Waals surface area (Å²) in [6.45, 7) is 9.04. The van der Waals surface area contributed by atoms with Crippen LogP contribution in [0, 0.1) is 0 Å². The first kappa shape index (κ1) is 16.8. The lowest BCUT2D eigenvalue weighted by Gasteiger charge is -2.16. The average molecular weight is 249 g/mol. The normalized spacial score (nSPS) is 11.3. The highest BCUT2D eigenvalue weighted by molar-refractivity contribution is 4.51. The third kappa shape index (κ3) is 12.1. The molecular formula is C12H27NO4. The van der Waals surface area contributed by atoms with Gasteiger partial charge in [0, 0.05) is 39.8 Å². The van der Waals surface area contributed by atoms with Crippen LogP contribution in [0.3, 0.4) is 0 Å². The van der Waals surface area contributed by atoms with E-state index >= 15 is 0 Å². The zero-order chi connectivity index (χ0) is 12.8. The fraction of sp³-hybridized carbons (Fsp3) is 1.00. The van der Waals surface area contributed by atoms with Gasteiger partial charge >= 0.3 is 0 Å². The molecule has 5 heteroatoms. The second-order valence-corrected chi connectivity index (χ2v) is 3.48. The number of methoxy groups -OCH3 is 1. The molecule has 0 aliphatic rings. The molecule has 0 aromatic heterocycles. The summed E-state index contributed by atoms with van der Waals surface area (Å²) in [4.78, 5) is 0. The highest BCUT2D eigenvalue weighted by Gasteiger charge is 2.06. The third-order valence-electron chi connectivity index (χ3n) is 2.12. The Bertz CT molecular complexity index is 140. The summed E-state index contributed by atoms with van der Waals surface area (Å²) < 4.78 is 21.1. The fourth-order valence-electron chi connectivity index (χ4n) is 1.32. The fourth-order valence-corrected chi connectivity index (χ4v) is 1.32. The van der Waals surface area contributed by atoms with Gasteiger partial charge in [0.05, 0.1) is 19.8 Å². The molecule has 104 valence electrons. The molecule has 0 aromatic carbocycles. The maximum absolute atomic E-state index is 5.43. The van der Waals surface area contributed by atoms with Gasteiger partial charge in [0.2, 0.25) is 0 Å². The lowest BCUT2D eigenvalue weighted by Crippen LogP contribution is -2.27. The van der Waals surface area contributed by atoms with Gasteiger partial charge in [-0.25, -0.2) is 0 Å². The minimum atomic E-state index is -0.0908. The molecule has 0 unspecified atom stereocenters. The Kier molecular flexibility index (Phi) is 13.7. The number of hydrogen-bond acceptors (Lipinski definition) is 5. The quantitative estimate of drug-likeness (QED) is 0.390. The van der Waals surface area contributed by atoms with Crippen LogP contribution in [0.15, 0.2) is 0 Å².